The fourth-order valence-electron chi connectivity index (χ4n) is 2.69. The number of amides is 2. The third kappa shape index (κ3) is 3.59. The molecule has 1 aliphatic rings. The van der Waals surface area contributed by atoms with Crippen LogP contribution >= 0.6 is 0 Å². The summed E-state index contributed by atoms with van der Waals surface area (Å²) in [6.07, 6.45) is 2.83. The normalized spacial score (nSPS) is 21.5. The minimum atomic E-state index is -0.918. The number of carbonyl (C=O) groups is 3. The van der Waals surface area contributed by atoms with Gasteiger partial charge in [0.15, 0.2) is 0 Å². The van der Waals surface area contributed by atoms with Crippen LogP contribution in [-0.2, 0) is 9.59 Å². The lowest BCUT2D eigenvalue weighted by Crippen LogP contribution is -2.36. The molecule has 2 atom stereocenters. The van der Waals surface area contributed by atoms with Crippen LogP contribution < -0.4 is 11.1 Å². The Morgan fingerprint density at radius 2 is 1.62 bits per heavy atom. The van der Waals surface area contributed by atoms with Gasteiger partial charge in [0.25, 0.3) is 0 Å². The molecule has 1 saturated carbocycles. The summed E-state index contributed by atoms with van der Waals surface area (Å²) in [5.74, 6) is -2.87. The molecule has 0 saturated heterocycles. The van der Waals surface area contributed by atoms with Crippen LogP contribution in [0.3, 0.4) is 0 Å². The molecule has 6 nitrogen and oxygen atoms in total. The van der Waals surface area contributed by atoms with Crippen LogP contribution in [0.25, 0.3) is 0 Å². The lowest BCUT2D eigenvalue weighted by Gasteiger charge is -2.27. The van der Waals surface area contributed by atoms with E-state index in [1.165, 1.54) is 12.1 Å². The third-order valence-corrected chi connectivity index (χ3v) is 3.86. The lowest BCUT2D eigenvalue weighted by atomic mass is 9.78. The van der Waals surface area contributed by atoms with Crippen molar-refractivity contribution in [1.29, 1.82) is 0 Å². The molecule has 0 heterocycles. The Labute approximate surface area is 122 Å². The number of hydrogen-bond donors (Lipinski definition) is 3. The van der Waals surface area contributed by atoms with E-state index in [1.807, 2.05) is 0 Å². The van der Waals surface area contributed by atoms with Crippen molar-refractivity contribution < 1.29 is 19.5 Å². The van der Waals surface area contributed by atoms with Crippen LogP contribution in [0, 0.1) is 11.8 Å². The minimum absolute atomic E-state index is 0.283. The highest BCUT2D eigenvalue weighted by Crippen LogP contribution is 2.31. The average molecular weight is 290 g/mol. The minimum Gasteiger partial charge on any atom is -0.481 e. The molecule has 112 valence electrons. The number of rotatable bonds is 4. The van der Waals surface area contributed by atoms with Crippen molar-refractivity contribution in [2.45, 2.75) is 25.7 Å². The summed E-state index contributed by atoms with van der Waals surface area (Å²) in [5, 5.41) is 11.9. The second-order valence-electron chi connectivity index (χ2n) is 5.27. The number of aliphatic carboxylic acids is 1. The monoisotopic (exact) mass is 290 g/mol. The second-order valence-corrected chi connectivity index (χ2v) is 5.27. The number of carboxylic acid groups (broad SMARTS) is 1. The van der Waals surface area contributed by atoms with Crippen LogP contribution in [0.15, 0.2) is 24.3 Å². The van der Waals surface area contributed by atoms with E-state index in [4.69, 9.17) is 5.73 Å². The molecule has 2 rings (SSSR count). The summed E-state index contributed by atoms with van der Waals surface area (Å²) >= 11 is 0. The van der Waals surface area contributed by atoms with Gasteiger partial charge in [0.2, 0.25) is 11.8 Å². The first-order valence-electron chi connectivity index (χ1n) is 6.92. The maximum absolute atomic E-state index is 12.2. The van der Waals surface area contributed by atoms with E-state index >= 15 is 0 Å². The molecule has 0 aliphatic heterocycles. The zero-order valence-corrected chi connectivity index (χ0v) is 11.5. The topological polar surface area (TPSA) is 109 Å². The van der Waals surface area contributed by atoms with Crippen molar-refractivity contribution in [1.82, 2.24) is 0 Å². The zero-order chi connectivity index (χ0) is 15.4. The molecule has 6 heteroatoms. The van der Waals surface area contributed by atoms with Crippen LogP contribution in [0.2, 0.25) is 0 Å². The number of primary amides is 1. The zero-order valence-electron chi connectivity index (χ0n) is 11.5. The molecule has 2 unspecified atom stereocenters. The van der Waals surface area contributed by atoms with Crippen molar-refractivity contribution in [2.75, 3.05) is 5.32 Å². The van der Waals surface area contributed by atoms with E-state index < -0.39 is 23.7 Å². The van der Waals surface area contributed by atoms with Gasteiger partial charge in [-0.25, -0.2) is 0 Å². The van der Waals surface area contributed by atoms with Crippen LogP contribution in [0.4, 0.5) is 5.69 Å². The Balaban J connectivity index is 2.05. The van der Waals surface area contributed by atoms with Gasteiger partial charge in [-0.2, -0.15) is 0 Å². The molecule has 0 spiro atoms. The molecule has 0 bridgehead atoms. The SMILES string of the molecule is NC(=O)c1ccc(NC(=O)C2CCCCC2C(=O)O)cc1. The van der Waals surface area contributed by atoms with Gasteiger partial charge in [0.1, 0.15) is 0 Å². The molecule has 1 aromatic rings. The highest BCUT2D eigenvalue weighted by Gasteiger charge is 2.35. The van der Waals surface area contributed by atoms with E-state index in [1.54, 1.807) is 12.1 Å². The summed E-state index contributed by atoms with van der Waals surface area (Å²) in [7, 11) is 0. The number of nitrogens with two attached hydrogens (primary N) is 1. The van der Waals surface area contributed by atoms with Crippen molar-refractivity contribution in [2.24, 2.45) is 17.6 Å². The summed E-state index contributed by atoms with van der Waals surface area (Å²) in [6, 6.07) is 6.20. The predicted octanol–water partition coefficient (Wildman–Crippen LogP) is 1.61. The Bertz CT molecular complexity index is 553. The predicted molar refractivity (Wildman–Crippen MR) is 76.7 cm³/mol. The maximum atomic E-state index is 12.2. The lowest BCUT2D eigenvalue weighted by molar-refractivity contribution is -0.147. The largest absolute Gasteiger partial charge is 0.481 e. The quantitative estimate of drug-likeness (QED) is 0.782. The van der Waals surface area contributed by atoms with E-state index in [-0.39, 0.29) is 5.91 Å². The van der Waals surface area contributed by atoms with Crippen molar-refractivity contribution in [3.05, 3.63) is 29.8 Å². The van der Waals surface area contributed by atoms with Crippen molar-refractivity contribution in [3.8, 4) is 0 Å². The molecule has 1 aliphatic carbocycles. The van der Waals surface area contributed by atoms with Gasteiger partial charge < -0.3 is 16.2 Å². The van der Waals surface area contributed by atoms with Crippen LogP contribution in [0.1, 0.15) is 36.0 Å². The van der Waals surface area contributed by atoms with Gasteiger partial charge in [-0.15, -0.1) is 0 Å². The van der Waals surface area contributed by atoms with E-state index in [2.05, 4.69) is 5.32 Å². The average Bonchev–Trinajstić information content (AvgIpc) is 2.47. The Morgan fingerprint density at radius 3 is 2.14 bits per heavy atom. The van der Waals surface area contributed by atoms with E-state index in [0.29, 0.717) is 24.1 Å². The third-order valence-electron chi connectivity index (χ3n) is 3.86. The maximum Gasteiger partial charge on any atom is 0.307 e. The number of carbonyl (C=O) groups excluding carboxylic acids is 2. The number of anilines is 1. The molecule has 4 N–H and O–H groups in total. The number of carboxylic acids is 1. The fourth-order valence-corrected chi connectivity index (χ4v) is 2.69. The van der Waals surface area contributed by atoms with Crippen molar-refractivity contribution in [3.63, 3.8) is 0 Å². The standard InChI is InChI=1S/C15H18N2O4/c16-13(18)9-5-7-10(8-6-9)17-14(19)11-3-1-2-4-12(11)15(20)21/h5-8,11-12H,1-4H2,(H2,16,18)(H,17,19)(H,20,21). The van der Waals surface area contributed by atoms with E-state index in [9.17, 15) is 19.5 Å². The molecular weight excluding hydrogens is 272 g/mol. The Morgan fingerprint density at radius 1 is 1.05 bits per heavy atom. The highest BCUT2D eigenvalue weighted by molar-refractivity contribution is 5.96. The van der Waals surface area contributed by atoms with Crippen LogP contribution in [0.5, 0.6) is 0 Å². The molecule has 1 aromatic carbocycles. The highest BCUT2D eigenvalue weighted by atomic mass is 16.4. The summed E-state index contributed by atoms with van der Waals surface area (Å²) in [6.45, 7) is 0. The number of hydrogen-bond acceptors (Lipinski definition) is 3. The fraction of sp³-hybridized carbons (Fsp3) is 0.400. The molecule has 0 aromatic heterocycles. The first kappa shape index (κ1) is 15.0. The van der Waals surface area contributed by atoms with Gasteiger partial charge in [0, 0.05) is 11.3 Å². The van der Waals surface area contributed by atoms with Gasteiger partial charge in [0.05, 0.1) is 11.8 Å². The summed E-state index contributed by atoms with van der Waals surface area (Å²) < 4.78 is 0. The summed E-state index contributed by atoms with van der Waals surface area (Å²) in [4.78, 5) is 34.4. The first-order chi connectivity index (χ1) is 9.99. The smallest absolute Gasteiger partial charge is 0.307 e. The summed E-state index contributed by atoms with van der Waals surface area (Å²) in [5.41, 5.74) is 6.03. The Kier molecular flexibility index (Phi) is 4.57. The van der Waals surface area contributed by atoms with Gasteiger partial charge >= 0.3 is 5.97 Å². The Hall–Kier alpha value is -2.37. The molecule has 1 fully saturated rings. The first-order valence-corrected chi connectivity index (χ1v) is 6.92. The van der Waals surface area contributed by atoms with Crippen molar-refractivity contribution >= 4 is 23.5 Å². The number of benzene rings is 1. The molecule has 21 heavy (non-hydrogen) atoms. The molecular formula is C15H18N2O4. The molecule has 2 amide bonds. The second kappa shape index (κ2) is 6.39. The molecule has 0 radical (unpaired) electrons. The van der Waals surface area contributed by atoms with Gasteiger partial charge in [-0.05, 0) is 37.1 Å². The van der Waals surface area contributed by atoms with Crippen LogP contribution in [-0.4, -0.2) is 22.9 Å². The van der Waals surface area contributed by atoms with Gasteiger partial charge in [-0.3, -0.25) is 14.4 Å². The number of nitrogens with one attached hydrogen (secondary N) is 1. The van der Waals surface area contributed by atoms with E-state index in [0.717, 1.165) is 12.8 Å². The van der Waals surface area contributed by atoms with Gasteiger partial charge in [-0.1, -0.05) is 12.8 Å².